The van der Waals surface area contributed by atoms with Gasteiger partial charge >= 0.3 is 0 Å². The highest BCUT2D eigenvalue weighted by molar-refractivity contribution is 6.23. The Balaban J connectivity index is 1.48. The quantitative estimate of drug-likeness (QED) is 0.506. The molecule has 1 fully saturated rings. The van der Waals surface area contributed by atoms with Gasteiger partial charge in [-0.2, -0.15) is 0 Å². The molecule has 0 bridgehead atoms. The van der Waals surface area contributed by atoms with Crippen molar-refractivity contribution in [1.82, 2.24) is 4.90 Å². The highest BCUT2D eigenvalue weighted by atomic mass is 19.1. The van der Waals surface area contributed by atoms with Crippen molar-refractivity contribution in [2.45, 2.75) is 19.0 Å². The zero-order valence-corrected chi connectivity index (χ0v) is 18.8. The summed E-state index contributed by atoms with van der Waals surface area (Å²) in [6, 6.07) is 15.9. The molecule has 0 spiro atoms. The molecule has 1 saturated heterocycles. The second-order valence-corrected chi connectivity index (χ2v) is 8.12. The lowest BCUT2D eigenvalue weighted by molar-refractivity contribution is -0.122. The standard InChI is InChI=1S/C26H21FN2O6/c1-33-20-8-6-19(7-9-20)29-24(30)13-21(26(29)32)28(25(31)17-3-2-4-18(27)12-17)14-16-5-10-22-23(11-16)35-15-34-22/h2-12,21H,13-15H2,1H3/t21-/m1/s1. The van der Waals surface area contributed by atoms with E-state index in [1.165, 1.54) is 30.2 Å². The largest absolute Gasteiger partial charge is 0.497 e. The number of rotatable bonds is 6. The number of hydrogen-bond acceptors (Lipinski definition) is 6. The smallest absolute Gasteiger partial charge is 0.257 e. The van der Waals surface area contributed by atoms with E-state index in [-0.39, 0.29) is 25.3 Å². The first-order valence-electron chi connectivity index (χ1n) is 10.9. The van der Waals surface area contributed by atoms with Crippen LogP contribution in [0.2, 0.25) is 0 Å². The number of methoxy groups -OCH3 is 1. The molecule has 0 unspecified atom stereocenters. The number of imide groups is 1. The van der Waals surface area contributed by atoms with Gasteiger partial charge in [-0.15, -0.1) is 0 Å². The summed E-state index contributed by atoms with van der Waals surface area (Å²) < 4.78 is 29.8. The summed E-state index contributed by atoms with van der Waals surface area (Å²) in [5.74, 6) is -0.435. The van der Waals surface area contributed by atoms with E-state index in [9.17, 15) is 18.8 Å². The van der Waals surface area contributed by atoms with Crippen LogP contribution in [0.1, 0.15) is 22.3 Å². The Morgan fingerprint density at radius 1 is 1.06 bits per heavy atom. The van der Waals surface area contributed by atoms with Crippen LogP contribution in [-0.4, -0.2) is 42.6 Å². The summed E-state index contributed by atoms with van der Waals surface area (Å²) in [4.78, 5) is 42.2. The maximum atomic E-state index is 13.9. The Kier molecular flexibility index (Phi) is 5.82. The minimum absolute atomic E-state index is 0.00608. The van der Waals surface area contributed by atoms with Gasteiger partial charge in [0, 0.05) is 12.1 Å². The summed E-state index contributed by atoms with van der Waals surface area (Å²) in [5, 5.41) is 0. The SMILES string of the molecule is COc1ccc(N2C(=O)C[C@@H](N(Cc3ccc4c(c3)OCO4)C(=O)c3cccc(F)c3)C2=O)cc1. The lowest BCUT2D eigenvalue weighted by Gasteiger charge is -2.28. The van der Waals surface area contributed by atoms with Crippen LogP contribution in [0.5, 0.6) is 17.2 Å². The van der Waals surface area contributed by atoms with E-state index in [4.69, 9.17) is 14.2 Å². The number of ether oxygens (including phenoxy) is 3. The van der Waals surface area contributed by atoms with Crippen molar-refractivity contribution in [1.29, 1.82) is 0 Å². The predicted octanol–water partition coefficient (Wildman–Crippen LogP) is 3.54. The first-order valence-corrected chi connectivity index (χ1v) is 10.9. The van der Waals surface area contributed by atoms with Crippen molar-refractivity contribution in [2.24, 2.45) is 0 Å². The molecule has 3 aromatic rings. The lowest BCUT2D eigenvalue weighted by atomic mass is 10.1. The molecule has 2 heterocycles. The average Bonchev–Trinajstić information content (AvgIpc) is 3.45. The Bertz CT molecular complexity index is 1310. The average molecular weight is 476 g/mol. The van der Waals surface area contributed by atoms with E-state index >= 15 is 0 Å². The fourth-order valence-electron chi connectivity index (χ4n) is 4.21. The van der Waals surface area contributed by atoms with Crippen LogP contribution < -0.4 is 19.1 Å². The van der Waals surface area contributed by atoms with Crippen molar-refractivity contribution >= 4 is 23.4 Å². The van der Waals surface area contributed by atoms with Crippen LogP contribution in [-0.2, 0) is 16.1 Å². The topological polar surface area (TPSA) is 85.4 Å². The molecule has 0 saturated carbocycles. The number of carbonyl (C=O) groups excluding carboxylic acids is 3. The third-order valence-electron chi connectivity index (χ3n) is 5.95. The molecule has 178 valence electrons. The molecule has 1 atom stereocenters. The van der Waals surface area contributed by atoms with Crippen LogP contribution in [0.15, 0.2) is 66.7 Å². The molecule has 2 aliphatic heterocycles. The molecule has 3 amide bonds. The Labute approximate surface area is 200 Å². The summed E-state index contributed by atoms with van der Waals surface area (Å²) in [6.07, 6.45) is -0.198. The molecule has 0 N–H and O–H groups in total. The van der Waals surface area contributed by atoms with Gasteiger partial charge in [0.05, 0.1) is 19.2 Å². The first kappa shape index (κ1) is 22.4. The van der Waals surface area contributed by atoms with Gasteiger partial charge in [0.15, 0.2) is 11.5 Å². The molecule has 8 nitrogen and oxygen atoms in total. The second-order valence-electron chi connectivity index (χ2n) is 8.12. The van der Waals surface area contributed by atoms with Gasteiger partial charge in [-0.05, 0) is 60.2 Å². The van der Waals surface area contributed by atoms with Gasteiger partial charge < -0.3 is 19.1 Å². The van der Waals surface area contributed by atoms with Crippen molar-refractivity contribution in [3.05, 3.63) is 83.7 Å². The number of hydrogen-bond donors (Lipinski definition) is 0. The third kappa shape index (κ3) is 4.28. The van der Waals surface area contributed by atoms with Crippen LogP contribution in [0, 0.1) is 5.82 Å². The van der Waals surface area contributed by atoms with E-state index in [1.54, 1.807) is 42.5 Å². The van der Waals surface area contributed by atoms with Gasteiger partial charge in [-0.3, -0.25) is 14.4 Å². The number of anilines is 1. The predicted molar refractivity (Wildman–Crippen MR) is 123 cm³/mol. The molecular weight excluding hydrogens is 455 g/mol. The fraction of sp³-hybridized carbons (Fsp3) is 0.192. The zero-order chi connectivity index (χ0) is 24.5. The highest BCUT2D eigenvalue weighted by Crippen LogP contribution is 2.34. The monoisotopic (exact) mass is 476 g/mol. The fourth-order valence-corrected chi connectivity index (χ4v) is 4.21. The van der Waals surface area contributed by atoms with Gasteiger partial charge in [-0.25, -0.2) is 9.29 Å². The number of fused-ring (bicyclic) bond motifs is 1. The minimum Gasteiger partial charge on any atom is -0.497 e. The van der Waals surface area contributed by atoms with Crippen LogP contribution in [0.3, 0.4) is 0 Å². The number of amides is 3. The van der Waals surface area contributed by atoms with E-state index in [0.717, 1.165) is 11.0 Å². The Hall–Kier alpha value is -4.40. The van der Waals surface area contributed by atoms with Crippen molar-refractivity contribution < 1.29 is 33.0 Å². The van der Waals surface area contributed by atoms with Crippen molar-refractivity contribution in [2.75, 3.05) is 18.8 Å². The maximum absolute atomic E-state index is 13.9. The molecule has 5 rings (SSSR count). The van der Waals surface area contributed by atoms with E-state index in [1.807, 2.05) is 0 Å². The van der Waals surface area contributed by atoms with E-state index in [2.05, 4.69) is 0 Å². The van der Waals surface area contributed by atoms with Crippen molar-refractivity contribution in [3.63, 3.8) is 0 Å². The molecule has 35 heavy (non-hydrogen) atoms. The molecule has 9 heteroatoms. The molecule has 0 aromatic heterocycles. The summed E-state index contributed by atoms with van der Waals surface area (Å²) in [7, 11) is 1.52. The summed E-state index contributed by atoms with van der Waals surface area (Å²) in [5.41, 5.74) is 1.13. The summed E-state index contributed by atoms with van der Waals surface area (Å²) >= 11 is 0. The molecular formula is C26H21FN2O6. The number of nitrogens with zero attached hydrogens (tertiary/aromatic N) is 2. The number of benzene rings is 3. The van der Waals surface area contributed by atoms with Gasteiger partial charge in [-0.1, -0.05) is 12.1 Å². The zero-order valence-electron chi connectivity index (χ0n) is 18.8. The second kappa shape index (κ2) is 9.09. The molecule has 2 aliphatic rings. The number of carbonyl (C=O) groups is 3. The van der Waals surface area contributed by atoms with Crippen LogP contribution in [0.25, 0.3) is 0 Å². The molecule has 3 aromatic carbocycles. The van der Waals surface area contributed by atoms with Crippen molar-refractivity contribution in [3.8, 4) is 17.2 Å². The highest BCUT2D eigenvalue weighted by Gasteiger charge is 2.44. The van der Waals surface area contributed by atoms with Gasteiger partial charge in [0.1, 0.15) is 17.6 Å². The number of halogens is 1. The first-order chi connectivity index (χ1) is 16.9. The molecule has 0 aliphatic carbocycles. The summed E-state index contributed by atoms with van der Waals surface area (Å²) in [6.45, 7) is 0.100. The van der Waals surface area contributed by atoms with Crippen LogP contribution in [0.4, 0.5) is 10.1 Å². The van der Waals surface area contributed by atoms with Gasteiger partial charge in [0.25, 0.3) is 11.8 Å². The third-order valence-corrected chi connectivity index (χ3v) is 5.95. The molecule has 0 radical (unpaired) electrons. The van der Waals surface area contributed by atoms with E-state index in [0.29, 0.717) is 28.5 Å². The normalized spacial score (nSPS) is 16.5. The van der Waals surface area contributed by atoms with Crippen LogP contribution >= 0.6 is 0 Å². The Morgan fingerprint density at radius 2 is 1.83 bits per heavy atom. The van der Waals surface area contributed by atoms with Gasteiger partial charge in [0.2, 0.25) is 12.7 Å². The maximum Gasteiger partial charge on any atom is 0.257 e. The minimum atomic E-state index is -1.06. The lowest BCUT2D eigenvalue weighted by Crippen LogP contribution is -2.45. The Morgan fingerprint density at radius 3 is 2.57 bits per heavy atom. The van der Waals surface area contributed by atoms with E-state index < -0.39 is 29.6 Å².